The number of anilines is 1. The molecule has 240 valence electrons. The minimum absolute atomic E-state index is 0.0273. The van der Waals surface area contributed by atoms with E-state index in [-0.39, 0.29) is 24.7 Å². The highest BCUT2D eigenvalue weighted by Crippen LogP contribution is 2.41. The lowest BCUT2D eigenvalue weighted by atomic mass is 10.0. The number of oxazole rings is 1. The minimum atomic E-state index is -0.688. The van der Waals surface area contributed by atoms with Crippen molar-refractivity contribution in [2.24, 2.45) is 0 Å². The maximum absolute atomic E-state index is 12.8. The second kappa shape index (κ2) is 14.8. The van der Waals surface area contributed by atoms with Gasteiger partial charge in [-0.3, -0.25) is 9.78 Å². The van der Waals surface area contributed by atoms with Crippen molar-refractivity contribution in [3.8, 4) is 22.6 Å². The smallest absolute Gasteiger partial charge is 0.257 e. The molecule has 8 nitrogen and oxygen atoms in total. The number of aromatic nitrogens is 2. The largest absolute Gasteiger partial charge is 0.431 e. The average Bonchev–Trinajstić information content (AvgIpc) is 3.59. The zero-order valence-electron chi connectivity index (χ0n) is 25.9. The highest BCUT2D eigenvalue weighted by molar-refractivity contribution is 7.99. The summed E-state index contributed by atoms with van der Waals surface area (Å²) in [7, 11) is 0. The quantitative estimate of drug-likeness (QED) is 0.142. The van der Waals surface area contributed by atoms with Gasteiger partial charge in [0.05, 0.1) is 24.4 Å². The van der Waals surface area contributed by atoms with Gasteiger partial charge in [-0.25, -0.2) is 4.98 Å². The maximum atomic E-state index is 12.8. The third-order valence-electron chi connectivity index (χ3n) is 8.04. The van der Waals surface area contributed by atoms with E-state index in [0.29, 0.717) is 28.6 Å². The van der Waals surface area contributed by atoms with E-state index in [2.05, 4.69) is 10.3 Å². The summed E-state index contributed by atoms with van der Waals surface area (Å²) in [6.07, 6.45) is 2.60. The van der Waals surface area contributed by atoms with E-state index in [1.165, 1.54) is 18.0 Å². The summed E-state index contributed by atoms with van der Waals surface area (Å²) < 4.78 is 19.5. The molecule has 1 fully saturated rings. The molecule has 1 amide bonds. The van der Waals surface area contributed by atoms with E-state index in [9.17, 15) is 9.90 Å². The van der Waals surface area contributed by atoms with E-state index in [1.54, 1.807) is 18.3 Å². The Kier molecular flexibility index (Phi) is 9.72. The maximum Gasteiger partial charge on any atom is 0.257 e. The number of aliphatic hydroxyl groups excluding tert-OH is 1. The average molecular weight is 656 g/mol. The van der Waals surface area contributed by atoms with Crippen LogP contribution in [0.1, 0.15) is 45.9 Å². The first kappa shape index (κ1) is 31.5. The van der Waals surface area contributed by atoms with Gasteiger partial charge in [0.1, 0.15) is 5.69 Å². The number of aliphatic hydroxyl groups is 1. The first-order chi connectivity index (χ1) is 23.6. The third-order valence-corrected chi connectivity index (χ3v) is 9.00. The molecule has 0 spiro atoms. The van der Waals surface area contributed by atoms with E-state index < -0.39 is 6.29 Å². The van der Waals surface area contributed by atoms with E-state index in [1.807, 2.05) is 109 Å². The molecule has 3 heterocycles. The number of ether oxygens (including phenoxy) is 2. The summed E-state index contributed by atoms with van der Waals surface area (Å²) in [5.41, 5.74) is 6.42. The molecule has 2 N–H and O–H groups in total. The lowest BCUT2D eigenvalue weighted by molar-refractivity contribution is -0.245. The topological polar surface area (TPSA) is 107 Å². The molecular weight excluding hydrogens is 623 g/mol. The lowest BCUT2D eigenvalue weighted by Crippen LogP contribution is -2.31. The van der Waals surface area contributed by atoms with Gasteiger partial charge in [0.2, 0.25) is 0 Å². The molecule has 0 bridgehead atoms. The molecule has 2 aromatic heterocycles. The summed E-state index contributed by atoms with van der Waals surface area (Å²) in [5.74, 6) is 1.05. The molecule has 3 atom stereocenters. The number of benzene rings is 4. The third kappa shape index (κ3) is 7.40. The van der Waals surface area contributed by atoms with Crippen LogP contribution in [0.4, 0.5) is 5.69 Å². The monoisotopic (exact) mass is 655 g/mol. The zero-order chi connectivity index (χ0) is 32.7. The summed E-state index contributed by atoms with van der Waals surface area (Å²) in [4.78, 5) is 21.8. The molecule has 1 aliphatic heterocycles. The summed E-state index contributed by atoms with van der Waals surface area (Å²) >= 11 is 1.51. The van der Waals surface area contributed by atoms with Crippen molar-refractivity contribution in [2.75, 3.05) is 11.1 Å². The van der Waals surface area contributed by atoms with Gasteiger partial charge in [0.25, 0.3) is 11.1 Å². The fourth-order valence-corrected chi connectivity index (χ4v) is 6.43. The minimum Gasteiger partial charge on any atom is -0.431 e. The Balaban J connectivity index is 1.13. The Morgan fingerprint density at radius 1 is 0.833 bits per heavy atom. The molecule has 7 rings (SSSR count). The predicted molar refractivity (Wildman–Crippen MR) is 185 cm³/mol. The van der Waals surface area contributed by atoms with Crippen LogP contribution in [0.3, 0.4) is 0 Å². The number of rotatable bonds is 10. The molecule has 9 heteroatoms. The number of pyridine rings is 1. The fourth-order valence-electron chi connectivity index (χ4n) is 5.59. The molecule has 6 aromatic rings. The van der Waals surface area contributed by atoms with Crippen LogP contribution < -0.4 is 5.32 Å². The second-order valence-electron chi connectivity index (χ2n) is 11.4. The van der Waals surface area contributed by atoms with Crippen LogP contribution in [0.25, 0.3) is 22.6 Å². The Morgan fingerprint density at radius 2 is 1.60 bits per heavy atom. The van der Waals surface area contributed by atoms with Crippen molar-refractivity contribution in [1.82, 2.24) is 9.97 Å². The van der Waals surface area contributed by atoms with Crippen molar-refractivity contribution in [3.63, 3.8) is 0 Å². The number of carbonyl (C=O) groups is 1. The molecule has 48 heavy (non-hydrogen) atoms. The standard InChI is InChI=1S/C39H33N3O5S/c43-24-26-16-18-27(19-17-26)34-22-33(45-38(46-34)30-13-7-15-32(21-30)41-37(44)31-14-8-20-40-23-31)25-48-39-42-35(28-9-3-1-4-10-28)36(47-39)29-11-5-2-6-12-29/h1-21,23,33-34,38,43H,22,24-25H2,(H,41,44)/t33-,34+,38+/m0/s1. The van der Waals surface area contributed by atoms with Gasteiger partial charge in [-0.1, -0.05) is 109 Å². The van der Waals surface area contributed by atoms with Gasteiger partial charge >= 0.3 is 0 Å². The molecule has 0 saturated carbocycles. The van der Waals surface area contributed by atoms with Crippen LogP contribution >= 0.6 is 11.8 Å². The van der Waals surface area contributed by atoms with E-state index in [4.69, 9.17) is 18.9 Å². The molecule has 1 saturated heterocycles. The van der Waals surface area contributed by atoms with Crippen LogP contribution in [-0.4, -0.2) is 32.8 Å². The van der Waals surface area contributed by atoms with Gasteiger partial charge in [-0.15, -0.1) is 0 Å². The normalized spacial score (nSPS) is 17.6. The van der Waals surface area contributed by atoms with Crippen LogP contribution in [0.5, 0.6) is 0 Å². The first-order valence-electron chi connectivity index (χ1n) is 15.7. The summed E-state index contributed by atoms with van der Waals surface area (Å²) in [6, 6.07) is 38.8. The Morgan fingerprint density at radius 3 is 2.33 bits per heavy atom. The number of nitrogens with one attached hydrogen (secondary N) is 1. The van der Waals surface area contributed by atoms with Crippen LogP contribution in [0, 0.1) is 0 Å². The number of amides is 1. The Bertz CT molecular complexity index is 1900. The highest BCUT2D eigenvalue weighted by atomic mass is 32.2. The lowest BCUT2D eigenvalue weighted by Gasteiger charge is -2.36. The van der Waals surface area contributed by atoms with Crippen LogP contribution in [0.2, 0.25) is 0 Å². The SMILES string of the molecule is O=C(Nc1cccc([C@@H]2O[C@H](CSc3nc(-c4ccccc4)c(-c4ccccc4)o3)C[C@H](c3ccc(CO)cc3)O2)c1)c1cccnc1. The summed E-state index contributed by atoms with van der Waals surface area (Å²) in [5, 5.41) is 13.1. The van der Waals surface area contributed by atoms with Gasteiger partial charge in [0.15, 0.2) is 12.1 Å². The van der Waals surface area contributed by atoms with Crippen molar-refractivity contribution in [1.29, 1.82) is 0 Å². The van der Waals surface area contributed by atoms with Gasteiger partial charge in [0, 0.05) is 46.9 Å². The van der Waals surface area contributed by atoms with Crippen molar-refractivity contribution in [3.05, 3.63) is 156 Å². The molecule has 4 aromatic carbocycles. The van der Waals surface area contributed by atoms with Crippen molar-refractivity contribution in [2.45, 2.75) is 36.7 Å². The first-order valence-corrected chi connectivity index (χ1v) is 16.7. The molecule has 0 unspecified atom stereocenters. The molecule has 0 radical (unpaired) electrons. The van der Waals surface area contributed by atoms with Gasteiger partial charge in [-0.2, -0.15) is 0 Å². The summed E-state index contributed by atoms with van der Waals surface area (Å²) in [6.45, 7) is -0.0273. The fraction of sp³-hybridized carbons (Fsp3) is 0.154. The van der Waals surface area contributed by atoms with Crippen molar-refractivity contribution < 1.29 is 23.8 Å². The van der Waals surface area contributed by atoms with Crippen LogP contribution in [-0.2, 0) is 16.1 Å². The number of hydrogen-bond donors (Lipinski definition) is 2. The van der Waals surface area contributed by atoms with E-state index >= 15 is 0 Å². The zero-order valence-corrected chi connectivity index (χ0v) is 26.8. The number of hydrogen-bond acceptors (Lipinski definition) is 8. The van der Waals surface area contributed by atoms with Crippen LogP contribution in [0.15, 0.2) is 143 Å². The molecule has 1 aliphatic rings. The highest BCUT2D eigenvalue weighted by Gasteiger charge is 2.33. The van der Waals surface area contributed by atoms with Gasteiger partial charge in [-0.05, 0) is 35.4 Å². The van der Waals surface area contributed by atoms with Gasteiger partial charge < -0.3 is 24.3 Å². The Labute approximate surface area is 282 Å². The number of carbonyl (C=O) groups excluding carboxylic acids is 1. The predicted octanol–water partition coefficient (Wildman–Crippen LogP) is 8.49. The van der Waals surface area contributed by atoms with Crippen molar-refractivity contribution >= 4 is 23.4 Å². The molecular formula is C39H33N3O5S. The molecule has 0 aliphatic carbocycles. The van der Waals surface area contributed by atoms with E-state index in [0.717, 1.165) is 39.3 Å². The Hall–Kier alpha value is -5.06. The second-order valence-corrected chi connectivity index (χ2v) is 12.3. The number of nitrogens with zero attached hydrogens (tertiary/aromatic N) is 2. The number of thioether (sulfide) groups is 1.